The van der Waals surface area contributed by atoms with Gasteiger partial charge in [-0.1, -0.05) is 36.0 Å². The number of halogens is 2. The summed E-state index contributed by atoms with van der Waals surface area (Å²) in [5, 5.41) is 5.63. The number of rotatable bonds is 1. The predicted molar refractivity (Wildman–Crippen MR) is 73.7 cm³/mol. The molecule has 2 aromatic rings. The maximum absolute atomic E-state index is 6.49. The van der Waals surface area contributed by atoms with Crippen molar-refractivity contribution in [1.29, 1.82) is 0 Å². The molecule has 0 unspecified atom stereocenters. The van der Waals surface area contributed by atoms with E-state index in [0.717, 1.165) is 35.3 Å². The Morgan fingerprint density at radius 1 is 1.17 bits per heavy atom. The molecule has 1 aliphatic carbocycles. The van der Waals surface area contributed by atoms with E-state index in [1.165, 1.54) is 12.8 Å². The van der Waals surface area contributed by atoms with Crippen LogP contribution in [0.25, 0.3) is 5.65 Å². The van der Waals surface area contributed by atoms with E-state index in [1.807, 2.05) is 13.8 Å². The molecule has 2 heterocycles. The topological polar surface area (TPSA) is 30.2 Å². The Morgan fingerprint density at radius 2 is 1.83 bits per heavy atom. The Balaban J connectivity index is 2.26. The van der Waals surface area contributed by atoms with Gasteiger partial charge in [0.1, 0.15) is 10.3 Å². The molecule has 1 fully saturated rings. The third-order valence-electron chi connectivity index (χ3n) is 3.93. The highest BCUT2D eigenvalue weighted by atomic mass is 35.5. The van der Waals surface area contributed by atoms with Crippen molar-refractivity contribution in [2.75, 3.05) is 0 Å². The van der Waals surface area contributed by atoms with E-state index >= 15 is 0 Å². The van der Waals surface area contributed by atoms with Crippen molar-refractivity contribution >= 4 is 28.8 Å². The van der Waals surface area contributed by atoms with Gasteiger partial charge in [-0.15, -0.1) is 0 Å². The van der Waals surface area contributed by atoms with Crippen molar-refractivity contribution in [1.82, 2.24) is 14.6 Å². The van der Waals surface area contributed by atoms with Crippen LogP contribution < -0.4 is 0 Å². The maximum atomic E-state index is 6.49. The molecule has 0 N–H and O–H groups in total. The van der Waals surface area contributed by atoms with Crippen LogP contribution in [0, 0.1) is 13.8 Å². The standard InChI is InChI=1S/C13H15Cl2N3/c1-7-8(2)17-18-12(15)10(9-5-3-4-6-9)11(14)16-13(7)18/h9H,3-6H2,1-2H3. The molecule has 0 atom stereocenters. The van der Waals surface area contributed by atoms with Crippen molar-refractivity contribution in [3.63, 3.8) is 0 Å². The molecule has 18 heavy (non-hydrogen) atoms. The first-order valence-corrected chi connectivity index (χ1v) is 7.06. The molecule has 0 saturated heterocycles. The second-order valence-corrected chi connectivity index (χ2v) is 5.75. The van der Waals surface area contributed by atoms with Gasteiger partial charge in [0.2, 0.25) is 0 Å². The molecule has 2 aromatic heterocycles. The molecule has 0 aromatic carbocycles. The van der Waals surface area contributed by atoms with Gasteiger partial charge in [0.25, 0.3) is 0 Å². The molecule has 5 heteroatoms. The van der Waals surface area contributed by atoms with Crippen LogP contribution in [0.3, 0.4) is 0 Å². The molecule has 96 valence electrons. The van der Waals surface area contributed by atoms with Crippen LogP contribution in [-0.2, 0) is 0 Å². The number of aryl methyl sites for hydroxylation is 2. The number of nitrogens with zero attached hydrogens (tertiary/aromatic N) is 3. The van der Waals surface area contributed by atoms with E-state index in [-0.39, 0.29) is 0 Å². The highest BCUT2D eigenvalue weighted by Gasteiger charge is 2.25. The second kappa shape index (κ2) is 4.39. The monoisotopic (exact) mass is 283 g/mol. The first-order valence-electron chi connectivity index (χ1n) is 6.30. The SMILES string of the molecule is Cc1nn2c(Cl)c(C3CCCC3)c(Cl)nc2c1C. The lowest BCUT2D eigenvalue weighted by Gasteiger charge is -2.13. The summed E-state index contributed by atoms with van der Waals surface area (Å²) in [4.78, 5) is 4.48. The van der Waals surface area contributed by atoms with Crippen LogP contribution in [0.5, 0.6) is 0 Å². The van der Waals surface area contributed by atoms with Gasteiger partial charge in [-0.25, -0.2) is 9.50 Å². The second-order valence-electron chi connectivity index (χ2n) is 5.03. The number of hydrogen-bond acceptors (Lipinski definition) is 2. The largest absolute Gasteiger partial charge is 0.216 e. The van der Waals surface area contributed by atoms with Crippen LogP contribution >= 0.6 is 23.2 Å². The molecule has 0 aliphatic heterocycles. The van der Waals surface area contributed by atoms with Crippen molar-refractivity contribution in [2.45, 2.75) is 45.4 Å². The Hall–Kier alpha value is -0.800. The number of aromatic nitrogens is 3. The normalized spacial score (nSPS) is 16.9. The van der Waals surface area contributed by atoms with Crippen LogP contribution in [0.4, 0.5) is 0 Å². The van der Waals surface area contributed by atoms with Crippen LogP contribution in [-0.4, -0.2) is 14.6 Å². The van der Waals surface area contributed by atoms with E-state index in [1.54, 1.807) is 4.52 Å². The van der Waals surface area contributed by atoms with Gasteiger partial charge in [0.15, 0.2) is 5.65 Å². The Bertz CT molecular complexity index is 612. The van der Waals surface area contributed by atoms with E-state index in [4.69, 9.17) is 23.2 Å². The summed E-state index contributed by atoms with van der Waals surface area (Å²) in [6.07, 6.45) is 4.77. The first kappa shape index (κ1) is 12.2. The minimum absolute atomic E-state index is 0.437. The molecule has 1 saturated carbocycles. The lowest BCUT2D eigenvalue weighted by molar-refractivity contribution is 0.708. The lowest BCUT2D eigenvalue weighted by atomic mass is 10.0. The van der Waals surface area contributed by atoms with Gasteiger partial charge in [-0.3, -0.25) is 0 Å². The van der Waals surface area contributed by atoms with E-state index in [2.05, 4.69) is 10.1 Å². The maximum Gasteiger partial charge on any atom is 0.161 e. The van der Waals surface area contributed by atoms with Gasteiger partial charge in [-0.05, 0) is 32.6 Å². The molecule has 0 radical (unpaired) electrons. The number of hydrogen-bond donors (Lipinski definition) is 0. The zero-order chi connectivity index (χ0) is 12.9. The fourth-order valence-electron chi connectivity index (χ4n) is 2.76. The minimum atomic E-state index is 0.437. The molecule has 3 nitrogen and oxygen atoms in total. The third-order valence-corrected chi connectivity index (χ3v) is 4.58. The van der Waals surface area contributed by atoms with E-state index < -0.39 is 0 Å². The molecule has 0 amide bonds. The zero-order valence-electron chi connectivity index (χ0n) is 10.5. The summed E-state index contributed by atoms with van der Waals surface area (Å²) in [7, 11) is 0. The average molecular weight is 284 g/mol. The summed E-state index contributed by atoms with van der Waals surface area (Å²) in [5.41, 5.74) is 3.73. The average Bonchev–Trinajstić information content (AvgIpc) is 2.92. The zero-order valence-corrected chi connectivity index (χ0v) is 12.0. The van der Waals surface area contributed by atoms with E-state index in [0.29, 0.717) is 16.2 Å². The Kier molecular flexibility index (Phi) is 2.99. The highest BCUT2D eigenvalue weighted by Crippen LogP contribution is 2.41. The fourth-order valence-corrected chi connectivity index (χ4v) is 3.50. The fraction of sp³-hybridized carbons (Fsp3) is 0.538. The van der Waals surface area contributed by atoms with Gasteiger partial charge in [0, 0.05) is 11.1 Å². The van der Waals surface area contributed by atoms with Gasteiger partial charge < -0.3 is 0 Å². The van der Waals surface area contributed by atoms with Gasteiger partial charge in [-0.2, -0.15) is 5.10 Å². The Morgan fingerprint density at radius 3 is 2.50 bits per heavy atom. The quantitative estimate of drug-likeness (QED) is 0.730. The van der Waals surface area contributed by atoms with Gasteiger partial charge >= 0.3 is 0 Å². The van der Waals surface area contributed by atoms with Crippen molar-refractivity contribution in [3.8, 4) is 0 Å². The Labute approximate surface area is 116 Å². The summed E-state index contributed by atoms with van der Waals surface area (Å²) in [5.74, 6) is 0.437. The molecule has 1 aliphatic rings. The smallest absolute Gasteiger partial charge is 0.161 e. The van der Waals surface area contributed by atoms with E-state index in [9.17, 15) is 0 Å². The molecule has 0 bridgehead atoms. The minimum Gasteiger partial charge on any atom is -0.216 e. The molecular weight excluding hydrogens is 269 g/mol. The summed E-state index contributed by atoms with van der Waals surface area (Å²) < 4.78 is 1.73. The van der Waals surface area contributed by atoms with Crippen molar-refractivity contribution in [3.05, 3.63) is 27.1 Å². The number of fused-ring (bicyclic) bond motifs is 1. The van der Waals surface area contributed by atoms with Gasteiger partial charge in [0.05, 0.1) is 5.69 Å². The lowest BCUT2D eigenvalue weighted by Crippen LogP contribution is -2.03. The summed E-state index contributed by atoms with van der Waals surface area (Å²) >= 11 is 12.8. The summed E-state index contributed by atoms with van der Waals surface area (Å²) in [6, 6.07) is 0. The predicted octanol–water partition coefficient (Wildman–Crippen LogP) is 4.31. The molecule has 3 rings (SSSR count). The van der Waals surface area contributed by atoms with Crippen LogP contribution in [0.2, 0.25) is 10.3 Å². The molecular formula is C13H15Cl2N3. The third kappa shape index (κ3) is 1.72. The highest BCUT2D eigenvalue weighted by molar-refractivity contribution is 6.35. The first-order chi connectivity index (χ1) is 8.59. The van der Waals surface area contributed by atoms with Crippen LogP contribution in [0.15, 0.2) is 0 Å². The van der Waals surface area contributed by atoms with Crippen molar-refractivity contribution < 1.29 is 0 Å². The van der Waals surface area contributed by atoms with Crippen molar-refractivity contribution in [2.24, 2.45) is 0 Å². The summed E-state index contributed by atoms with van der Waals surface area (Å²) in [6.45, 7) is 3.95. The van der Waals surface area contributed by atoms with Crippen LogP contribution in [0.1, 0.15) is 48.4 Å². The molecule has 0 spiro atoms.